The minimum atomic E-state index is -1.63. The van der Waals surface area contributed by atoms with E-state index >= 15 is 0 Å². The molecule has 2 atom stereocenters. The second-order valence-electron chi connectivity index (χ2n) is 5.23. The summed E-state index contributed by atoms with van der Waals surface area (Å²) in [5, 5.41) is 0. The highest BCUT2D eigenvalue weighted by Gasteiger charge is 2.42. The Morgan fingerprint density at radius 3 is 2.50 bits per heavy atom. The lowest BCUT2D eigenvalue weighted by molar-refractivity contribution is 0.278. The van der Waals surface area contributed by atoms with Crippen molar-refractivity contribution in [2.45, 2.75) is 52.9 Å². The van der Waals surface area contributed by atoms with Crippen molar-refractivity contribution in [2.75, 3.05) is 13.7 Å². The van der Waals surface area contributed by atoms with Crippen molar-refractivity contribution in [3.05, 3.63) is 0 Å². The van der Waals surface area contributed by atoms with E-state index in [1.165, 1.54) is 18.2 Å². The predicted molar refractivity (Wildman–Crippen MR) is 72.2 cm³/mol. The number of nitrogens with zero attached hydrogens (tertiary/aromatic N) is 2. The van der Waals surface area contributed by atoms with Gasteiger partial charge in [0.25, 0.3) is 8.48 Å². The molecule has 0 aromatic heterocycles. The van der Waals surface area contributed by atoms with E-state index in [1.54, 1.807) is 0 Å². The molecule has 2 unspecified atom stereocenters. The summed E-state index contributed by atoms with van der Waals surface area (Å²) in [4.78, 5) is 4.80. The van der Waals surface area contributed by atoms with E-state index in [9.17, 15) is 0 Å². The monoisotopic (exact) mass is 242 g/mol. The van der Waals surface area contributed by atoms with Crippen LogP contribution in [0.5, 0.6) is 0 Å². The standard InChI is InChI=1S/C12H26N2OSi/c1-10(2)11(3)13-12(4)14-8-7-9-16(14,6)15-5/h10,12H,7-9H2,1-6H3/b13-11+. The van der Waals surface area contributed by atoms with E-state index in [0.717, 1.165) is 6.54 Å². The molecule has 1 aliphatic rings. The Balaban J connectivity index is 2.74. The summed E-state index contributed by atoms with van der Waals surface area (Å²) in [6.45, 7) is 12.2. The predicted octanol–water partition coefficient (Wildman–Crippen LogP) is 2.87. The van der Waals surface area contributed by atoms with Crippen LogP contribution in [0.4, 0.5) is 0 Å². The van der Waals surface area contributed by atoms with Gasteiger partial charge in [-0.3, -0.25) is 9.56 Å². The minimum absolute atomic E-state index is 0.279. The average Bonchev–Trinajstić information content (AvgIpc) is 2.61. The Hall–Kier alpha value is -0.193. The van der Waals surface area contributed by atoms with Crippen LogP contribution in [0.1, 0.15) is 34.1 Å². The van der Waals surface area contributed by atoms with Gasteiger partial charge in [-0.2, -0.15) is 0 Å². The van der Waals surface area contributed by atoms with Gasteiger partial charge in [-0.1, -0.05) is 13.8 Å². The summed E-state index contributed by atoms with van der Waals surface area (Å²) in [7, 11) is 0.229. The Labute approximate surface area is 101 Å². The molecule has 0 aliphatic carbocycles. The van der Waals surface area contributed by atoms with Crippen LogP contribution in [-0.2, 0) is 4.43 Å². The van der Waals surface area contributed by atoms with Crippen molar-refractivity contribution in [1.82, 2.24) is 4.57 Å². The molecule has 16 heavy (non-hydrogen) atoms. The van der Waals surface area contributed by atoms with E-state index in [-0.39, 0.29) is 6.17 Å². The number of hydrogen-bond acceptors (Lipinski definition) is 3. The molecule has 1 heterocycles. The maximum atomic E-state index is 5.77. The molecule has 1 aliphatic heterocycles. The lowest BCUT2D eigenvalue weighted by atomic mass is 10.1. The fourth-order valence-electron chi connectivity index (χ4n) is 2.27. The maximum Gasteiger partial charge on any atom is 0.269 e. The number of hydrogen-bond donors (Lipinski definition) is 0. The van der Waals surface area contributed by atoms with Crippen LogP contribution in [0.3, 0.4) is 0 Å². The van der Waals surface area contributed by atoms with E-state index in [4.69, 9.17) is 9.42 Å². The summed E-state index contributed by atoms with van der Waals surface area (Å²) in [6.07, 6.45) is 1.54. The van der Waals surface area contributed by atoms with Crippen molar-refractivity contribution in [1.29, 1.82) is 0 Å². The summed E-state index contributed by atoms with van der Waals surface area (Å²) in [6, 6.07) is 1.24. The van der Waals surface area contributed by atoms with E-state index < -0.39 is 8.48 Å². The highest BCUT2D eigenvalue weighted by Crippen LogP contribution is 2.28. The summed E-state index contributed by atoms with van der Waals surface area (Å²) in [5.41, 5.74) is 1.24. The first kappa shape index (κ1) is 13.9. The highest BCUT2D eigenvalue weighted by atomic mass is 28.4. The lowest BCUT2D eigenvalue weighted by Gasteiger charge is -2.34. The van der Waals surface area contributed by atoms with Crippen LogP contribution in [0.25, 0.3) is 0 Å². The molecule has 1 fully saturated rings. The van der Waals surface area contributed by atoms with Gasteiger partial charge in [-0.15, -0.1) is 0 Å². The van der Waals surface area contributed by atoms with E-state index in [1.807, 2.05) is 7.11 Å². The van der Waals surface area contributed by atoms with Crippen LogP contribution >= 0.6 is 0 Å². The average molecular weight is 242 g/mol. The zero-order valence-corrected chi connectivity index (χ0v) is 12.6. The zero-order chi connectivity index (χ0) is 12.3. The van der Waals surface area contributed by atoms with Crippen molar-refractivity contribution >= 4 is 14.2 Å². The van der Waals surface area contributed by atoms with Gasteiger partial charge in [0, 0.05) is 12.8 Å². The third-order valence-electron chi connectivity index (χ3n) is 3.76. The third-order valence-corrected chi connectivity index (χ3v) is 7.74. The Morgan fingerprint density at radius 2 is 2.00 bits per heavy atom. The third kappa shape index (κ3) is 2.93. The SMILES string of the molecule is CO[Si]1(C)CCCN1C(C)/N=C(\C)C(C)C. The maximum absolute atomic E-state index is 5.77. The Bertz CT molecular complexity index is 268. The van der Waals surface area contributed by atoms with Gasteiger partial charge in [0.05, 0.1) is 6.17 Å². The summed E-state index contributed by atoms with van der Waals surface area (Å²) >= 11 is 0. The molecule has 0 saturated carbocycles. The molecule has 0 aromatic rings. The second kappa shape index (κ2) is 5.43. The van der Waals surface area contributed by atoms with Gasteiger partial charge in [0.2, 0.25) is 0 Å². The van der Waals surface area contributed by atoms with Crippen LogP contribution in [0.15, 0.2) is 4.99 Å². The molecular formula is C12H26N2OSi. The van der Waals surface area contributed by atoms with E-state index in [0.29, 0.717) is 5.92 Å². The number of rotatable bonds is 4. The molecule has 0 spiro atoms. The fourth-order valence-corrected chi connectivity index (χ4v) is 5.29. The van der Waals surface area contributed by atoms with Crippen molar-refractivity contribution in [3.63, 3.8) is 0 Å². The topological polar surface area (TPSA) is 24.8 Å². The van der Waals surface area contributed by atoms with Crippen LogP contribution in [0, 0.1) is 5.92 Å². The molecule has 1 rings (SSSR count). The van der Waals surface area contributed by atoms with Crippen molar-refractivity contribution < 1.29 is 4.43 Å². The highest BCUT2D eigenvalue weighted by molar-refractivity contribution is 6.70. The molecule has 94 valence electrons. The number of aliphatic imine (C=N–C) groups is 1. The fraction of sp³-hybridized carbons (Fsp3) is 0.917. The molecule has 0 amide bonds. The summed E-state index contributed by atoms with van der Waals surface area (Å²) < 4.78 is 8.27. The van der Waals surface area contributed by atoms with Gasteiger partial charge in [-0.25, -0.2) is 0 Å². The van der Waals surface area contributed by atoms with E-state index in [2.05, 4.69) is 38.8 Å². The van der Waals surface area contributed by atoms with Gasteiger partial charge in [0.1, 0.15) is 0 Å². The Kier molecular flexibility index (Phi) is 4.70. The minimum Gasteiger partial charge on any atom is -0.406 e. The lowest BCUT2D eigenvalue weighted by Crippen LogP contribution is -2.52. The molecule has 0 radical (unpaired) electrons. The van der Waals surface area contributed by atoms with Crippen LogP contribution in [0.2, 0.25) is 12.6 Å². The van der Waals surface area contributed by atoms with Gasteiger partial charge in [-0.05, 0) is 45.3 Å². The summed E-state index contributed by atoms with van der Waals surface area (Å²) in [5.74, 6) is 0.542. The molecule has 4 heteroatoms. The zero-order valence-electron chi connectivity index (χ0n) is 11.6. The van der Waals surface area contributed by atoms with Gasteiger partial charge in [0.15, 0.2) is 0 Å². The Morgan fingerprint density at radius 1 is 1.38 bits per heavy atom. The first-order valence-corrected chi connectivity index (χ1v) is 8.83. The smallest absolute Gasteiger partial charge is 0.269 e. The van der Waals surface area contributed by atoms with Crippen LogP contribution in [-0.4, -0.2) is 38.6 Å². The van der Waals surface area contributed by atoms with Crippen LogP contribution < -0.4 is 0 Å². The van der Waals surface area contributed by atoms with Crippen molar-refractivity contribution in [3.8, 4) is 0 Å². The molecular weight excluding hydrogens is 216 g/mol. The molecule has 0 aromatic carbocycles. The van der Waals surface area contributed by atoms with Crippen molar-refractivity contribution in [2.24, 2.45) is 10.9 Å². The molecule has 0 bridgehead atoms. The molecule has 3 nitrogen and oxygen atoms in total. The van der Waals surface area contributed by atoms with Gasteiger partial charge >= 0.3 is 0 Å². The van der Waals surface area contributed by atoms with Gasteiger partial charge < -0.3 is 4.43 Å². The largest absolute Gasteiger partial charge is 0.406 e. The second-order valence-corrected chi connectivity index (χ2v) is 9.07. The normalized spacial score (nSPS) is 30.1. The first-order valence-electron chi connectivity index (χ1n) is 6.27. The molecule has 1 saturated heterocycles. The quantitative estimate of drug-likeness (QED) is 0.559. The molecule has 0 N–H and O–H groups in total. The first-order chi connectivity index (χ1) is 7.40.